The van der Waals surface area contributed by atoms with E-state index in [1.807, 2.05) is 6.07 Å². The summed E-state index contributed by atoms with van der Waals surface area (Å²) in [4.78, 5) is 11.2. The minimum Gasteiger partial charge on any atom is -0.326 e. The summed E-state index contributed by atoms with van der Waals surface area (Å²) in [5, 5.41) is 3.14. The van der Waals surface area contributed by atoms with Gasteiger partial charge >= 0.3 is 0 Å². The zero-order valence-corrected chi connectivity index (χ0v) is 15.1. The van der Waals surface area contributed by atoms with Crippen LogP contribution < -0.4 is 5.32 Å². The van der Waals surface area contributed by atoms with Gasteiger partial charge in [0, 0.05) is 30.7 Å². The quantitative estimate of drug-likeness (QED) is 0.850. The largest absolute Gasteiger partial charge is 0.326 e. The number of benzene rings is 2. The van der Waals surface area contributed by atoms with Crippen LogP contribution in [0, 0.1) is 0 Å². The van der Waals surface area contributed by atoms with Crippen LogP contribution in [0.1, 0.15) is 19.4 Å². The van der Waals surface area contributed by atoms with Crippen molar-refractivity contribution in [1.29, 1.82) is 0 Å². The van der Waals surface area contributed by atoms with E-state index < -0.39 is 10.0 Å². The van der Waals surface area contributed by atoms with E-state index in [1.165, 1.54) is 23.4 Å². The molecule has 0 bridgehead atoms. The first-order valence-corrected chi connectivity index (χ1v) is 9.27. The number of sulfonamides is 1. The molecule has 0 spiro atoms. The van der Waals surface area contributed by atoms with Gasteiger partial charge in [0.15, 0.2) is 0 Å². The number of hydrogen-bond acceptors (Lipinski definition) is 3. The van der Waals surface area contributed by atoms with Crippen LogP contribution in [0.25, 0.3) is 0 Å². The number of nitrogens with one attached hydrogen (secondary N) is 1. The molecule has 0 aliphatic rings. The number of amides is 1. The SMILES string of the molecule is CCN(Cc1ccccc1Cl)S(=O)(=O)c1ccc(NC(C)=O)cc1. The highest BCUT2D eigenvalue weighted by Gasteiger charge is 2.23. The number of hydrogen-bond donors (Lipinski definition) is 1. The minimum absolute atomic E-state index is 0.172. The summed E-state index contributed by atoms with van der Waals surface area (Å²) < 4.78 is 27.0. The molecule has 0 fully saturated rings. The maximum Gasteiger partial charge on any atom is 0.243 e. The first-order valence-electron chi connectivity index (χ1n) is 7.45. The molecule has 0 aliphatic carbocycles. The number of carbonyl (C=O) groups is 1. The average Bonchev–Trinajstić information content (AvgIpc) is 2.54. The monoisotopic (exact) mass is 366 g/mol. The van der Waals surface area contributed by atoms with Gasteiger partial charge < -0.3 is 5.32 Å². The Bertz CT molecular complexity index is 820. The Hall–Kier alpha value is -1.89. The van der Waals surface area contributed by atoms with E-state index in [0.29, 0.717) is 17.3 Å². The Morgan fingerprint density at radius 3 is 2.29 bits per heavy atom. The third-order valence-electron chi connectivity index (χ3n) is 3.47. The van der Waals surface area contributed by atoms with Gasteiger partial charge in [-0.2, -0.15) is 4.31 Å². The highest BCUT2D eigenvalue weighted by molar-refractivity contribution is 7.89. The van der Waals surface area contributed by atoms with Gasteiger partial charge in [0.1, 0.15) is 0 Å². The molecule has 0 radical (unpaired) electrons. The second-order valence-corrected chi connectivity index (χ2v) is 7.57. The van der Waals surface area contributed by atoms with Gasteiger partial charge in [0.25, 0.3) is 0 Å². The molecule has 2 aromatic carbocycles. The van der Waals surface area contributed by atoms with E-state index >= 15 is 0 Å². The summed E-state index contributed by atoms with van der Waals surface area (Å²) in [5.74, 6) is -0.209. The van der Waals surface area contributed by atoms with Crippen LogP contribution in [0.3, 0.4) is 0 Å². The summed E-state index contributed by atoms with van der Waals surface area (Å²) >= 11 is 6.13. The van der Waals surface area contributed by atoms with E-state index in [-0.39, 0.29) is 17.3 Å². The van der Waals surface area contributed by atoms with Crippen LogP contribution in [0.4, 0.5) is 5.69 Å². The molecule has 2 aromatic rings. The van der Waals surface area contributed by atoms with Crippen LogP contribution in [0.15, 0.2) is 53.4 Å². The summed E-state index contributed by atoms with van der Waals surface area (Å²) in [6, 6.07) is 13.3. The van der Waals surface area contributed by atoms with Crippen molar-refractivity contribution in [1.82, 2.24) is 4.31 Å². The molecular formula is C17H19ClN2O3S. The van der Waals surface area contributed by atoms with Crippen molar-refractivity contribution in [3.8, 4) is 0 Å². The standard InChI is InChI=1S/C17H19ClN2O3S/c1-3-20(12-14-6-4-5-7-17(14)18)24(22,23)16-10-8-15(9-11-16)19-13(2)21/h4-11H,3,12H2,1-2H3,(H,19,21). The van der Waals surface area contributed by atoms with Crippen molar-refractivity contribution in [3.63, 3.8) is 0 Å². The smallest absolute Gasteiger partial charge is 0.243 e. The minimum atomic E-state index is -3.65. The van der Waals surface area contributed by atoms with Gasteiger partial charge in [-0.15, -0.1) is 0 Å². The second kappa shape index (κ2) is 7.79. The van der Waals surface area contributed by atoms with Crippen molar-refractivity contribution in [2.75, 3.05) is 11.9 Å². The van der Waals surface area contributed by atoms with E-state index in [4.69, 9.17) is 11.6 Å². The number of rotatable bonds is 6. The third-order valence-corrected chi connectivity index (χ3v) is 5.77. The topological polar surface area (TPSA) is 66.5 Å². The highest BCUT2D eigenvalue weighted by atomic mass is 35.5. The number of nitrogens with zero attached hydrogens (tertiary/aromatic N) is 1. The Labute approximate surface area is 147 Å². The molecule has 5 nitrogen and oxygen atoms in total. The molecule has 0 saturated carbocycles. The fourth-order valence-corrected chi connectivity index (χ4v) is 3.87. The summed E-state index contributed by atoms with van der Waals surface area (Å²) in [6.45, 7) is 3.69. The molecule has 0 aliphatic heterocycles. The summed E-state index contributed by atoms with van der Waals surface area (Å²) in [6.07, 6.45) is 0. The second-order valence-electron chi connectivity index (χ2n) is 5.23. The van der Waals surface area contributed by atoms with Crippen molar-refractivity contribution in [2.24, 2.45) is 0 Å². The van der Waals surface area contributed by atoms with Gasteiger partial charge in [0.05, 0.1) is 4.90 Å². The van der Waals surface area contributed by atoms with Crippen LogP contribution >= 0.6 is 11.6 Å². The lowest BCUT2D eigenvalue weighted by Gasteiger charge is -2.21. The van der Waals surface area contributed by atoms with E-state index in [1.54, 1.807) is 37.3 Å². The molecule has 0 unspecified atom stereocenters. The van der Waals surface area contributed by atoms with Gasteiger partial charge in [-0.25, -0.2) is 8.42 Å². The fourth-order valence-electron chi connectivity index (χ4n) is 2.25. The highest BCUT2D eigenvalue weighted by Crippen LogP contribution is 2.23. The van der Waals surface area contributed by atoms with Crippen LogP contribution in [0.5, 0.6) is 0 Å². The van der Waals surface area contributed by atoms with Crippen molar-refractivity contribution >= 4 is 33.2 Å². The maximum absolute atomic E-state index is 12.8. The van der Waals surface area contributed by atoms with E-state index in [9.17, 15) is 13.2 Å². The molecule has 0 saturated heterocycles. The van der Waals surface area contributed by atoms with Gasteiger partial charge in [-0.1, -0.05) is 36.7 Å². The van der Waals surface area contributed by atoms with Gasteiger partial charge in [-0.3, -0.25) is 4.79 Å². The molecule has 128 valence electrons. The predicted molar refractivity (Wildman–Crippen MR) is 95.5 cm³/mol. The normalized spacial score (nSPS) is 11.5. The van der Waals surface area contributed by atoms with Crippen molar-refractivity contribution in [3.05, 3.63) is 59.1 Å². The Morgan fingerprint density at radius 1 is 1.12 bits per heavy atom. The molecule has 0 aromatic heterocycles. The van der Waals surface area contributed by atoms with Gasteiger partial charge in [0.2, 0.25) is 15.9 Å². The Balaban J connectivity index is 2.26. The number of carbonyl (C=O) groups excluding carboxylic acids is 1. The first-order chi connectivity index (χ1) is 11.3. The molecule has 7 heteroatoms. The summed E-state index contributed by atoms with van der Waals surface area (Å²) in [5.41, 5.74) is 1.30. The Kier molecular flexibility index (Phi) is 5.99. The van der Waals surface area contributed by atoms with E-state index in [0.717, 1.165) is 5.56 Å². The van der Waals surface area contributed by atoms with Crippen LogP contribution in [-0.2, 0) is 21.4 Å². The maximum atomic E-state index is 12.8. The first kappa shape index (κ1) is 18.4. The summed E-state index contributed by atoms with van der Waals surface area (Å²) in [7, 11) is -3.65. The number of anilines is 1. The molecular weight excluding hydrogens is 348 g/mol. The molecule has 1 amide bonds. The molecule has 24 heavy (non-hydrogen) atoms. The zero-order valence-electron chi connectivity index (χ0n) is 13.5. The molecule has 1 N–H and O–H groups in total. The lowest BCUT2D eigenvalue weighted by molar-refractivity contribution is -0.114. The zero-order chi connectivity index (χ0) is 17.7. The molecule has 0 atom stereocenters. The average molecular weight is 367 g/mol. The van der Waals surface area contributed by atoms with Crippen molar-refractivity contribution in [2.45, 2.75) is 25.3 Å². The fraction of sp³-hybridized carbons (Fsp3) is 0.235. The van der Waals surface area contributed by atoms with Crippen LogP contribution in [0.2, 0.25) is 5.02 Å². The van der Waals surface area contributed by atoms with Crippen molar-refractivity contribution < 1.29 is 13.2 Å². The van der Waals surface area contributed by atoms with E-state index in [2.05, 4.69) is 5.32 Å². The molecule has 2 rings (SSSR count). The number of halogens is 1. The molecule has 0 heterocycles. The Morgan fingerprint density at radius 2 is 1.75 bits per heavy atom. The van der Waals surface area contributed by atoms with Gasteiger partial charge in [-0.05, 0) is 35.9 Å². The third kappa shape index (κ3) is 4.35. The van der Waals surface area contributed by atoms with Crippen LogP contribution in [-0.4, -0.2) is 25.2 Å². The lowest BCUT2D eigenvalue weighted by atomic mass is 10.2. The lowest BCUT2D eigenvalue weighted by Crippen LogP contribution is -2.30. The predicted octanol–water partition coefficient (Wildman–Crippen LogP) is 3.51.